The number of nitrogens with zero attached hydrogens (tertiary/aromatic N) is 1. The molecule has 3 heteroatoms. The predicted octanol–water partition coefficient (Wildman–Crippen LogP) is 3.70. The largest absolute Gasteiger partial charge is 0.308 e. The average Bonchev–Trinajstić information content (AvgIpc) is 3.07. The van der Waals surface area contributed by atoms with Crippen LogP contribution in [-0.2, 0) is 24.8 Å². The SMILES string of the molecule is CCC(Cc1ccccc1)(NC)c1nc2c(s1)CCC2. The van der Waals surface area contributed by atoms with Crippen molar-refractivity contribution in [3.05, 3.63) is 51.5 Å². The number of hydrogen-bond acceptors (Lipinski definition) is 3. The van der Waals surface area contributed by atoms with Gasteiger partial charge in [-0.05, 0) is 44.7 Å². The number of fused-ring (bicyclic) bond motifs is 1. The molecule has 1 aliphatic carbocycles. The van der Waals surface area contributed by atoms with Crippen LogP contribution in [0.25, 0.3) is 0 Å². The molecule has 0 bridgehead atoms. The first kappa shape index (κ1) is 13.8. The van der Waals surface area contributed by atoms with Gasteiger partial charge in [0.1, 0.15) is 5.01 Å². The van der Waals surface area contributed by atoms with Crippen molar-refractivity contribution in [1.29, 1.82) is 0 Å². The first-order valence-electron chi connectivity index (χ1n) is 7.49. The zero-order valence-corrected chi connectivity index (χ0v) is 13.1. The van der Waals surface area contributed by atoms with Crippen molar-refractivity contribution in [2.75, 3.05) is 7.05 Å². The first-order valence-corrected chi connectivity index (χ1v) is 8.31. The summed E-state index contributed by atoms with van der Waals surface area (Å²) in [7, 11) is 2.07. The fourth-order valence-corrected chi connectivity index (χ4v) is 4.48. The summed E-state index contributed by atoms with van der Waals surface area (Å²) < 4.78 is 0. The van der Waals surface area contributed by atoms with Gasteiger partial charge < -0.3 is 5.32 Å². The molecule has 3 rings (SSSR count). The molecule has 0 aliphatic heterocycles. The molecule has 1 atom stereocenters. The standard InChI is InChI=1S/C17H22N2S/c1-3-17(18-2,12-13-8-5-4-6-9-13)16-19-14-10-7-11-15(14)20-16/h4-6,8-9,18H,3,7,10-12H2,1-2H3. The van der Waals surface area contributed by atoms with Crippen LogP contribution in [-0.4, -0.2) is 12.0 Å². The van der Waals surface area contributed by atoms with Gasteiger partial charge in [-0.25, -0.2) is 4.98 Å². The Balaban J connectivity index is 1.94. The van der Waals surface area contributed by atoms with E-state index in [1.54, 1.807) is 0 Å². The highest BCUT2D eigenvalue weighted by Crippen LogP contribution is 2.36. The minimum Gasteiger partial charge on any atom is -0.308 e. The smallest absolute Gasteiger partial charge is 0.114 e. The van der Waals surface area contributed by atoms with Gasteiger partial charge in [0.2, 0.25) is 0 Å². The predicted molar refractivity (Wildman–Crippen MR) is 85.3 cm³/mol. The van der Waals surface area contributed by atoms with Gasteiger partial charge in [0.25, 0.3) is 0 Å². The molecular weight excluding hydrogens is 264 g/mol. The van der Waals surface area contributed by atoms with Crippen molar-refractivity contribution in [3.63, 3.8) is 0 Å². The van der Waals surface area contributed by atoms with E-state index in [0.29, 0.717) is 0 Å². The zero-order valence-electron chi connectivity index (χ0n) is 12.3. The first-order chi connectivity index (χ1) is 9.77. The maximum atomic E-state index is 4.96. The molecule has 1 aromatic heterocycles. The van der Waals surface area contributed by atoms with E-state index in [1.807, 2.05) is 11.3 Å². The van der Waals surface area contributed by atoms with Gasteiger partial charge >= 0.3 is 0 Å². The van der Waals surface area contributed by atoms with Gasteiger partial charge in [-0.2, -0.15) is 0 Å². The van der Waals surface area contributed by atoms with Crippen LogP contribution in [0.1, 0.15) is 40.9 Å². The number of aromatic nitrogens is 1. The van der Waals surface area contributed by atoms with Crippen LogP contribution in [0.4, 0.5) is 0 Å². The highest BCUT2D eigenvalue weighted by Gasteiger charge is 2.33. The van der Waals surface area contributed by atoms with Gasteiger partial charge in [0, 0.05) is 4.88 Å². The summed E-state index contributed by atoms with van der Waals surface area (Å²) in [6, 6.07) is 10.7. The molecule has 1 aliphatic rings. The van der Waals surface area contributed by atoms with Gasteiger partial charge in [-0.3, -0.25) is 0 Å². The highest BCUT2D eigenvalue weighted by atomic mass is 32.1. The third-order valence-corrected chi connectivity index (χ3v) is 5.80. The average molecular weight is 286 g/mol. The van der Waals surface area contributed by atoms with E-state index in [9.17, 15) is 0 Å². The summed E-state index contributed by atoms with van der Waals surface area (Å²) in [5.74, 6) is 0. The van der Waals surface area contributed by atoms with Crippen molar-refractivity contribution in [2.24, 2.45) is 0 Å². The molecule has 0 spiro atoms. The molecule has 0 saturated heterocycles. The molecular formula is C17H22N2S. The Morgan fingerprint density at radius 2 is 2.05 bits per heavy atom. The van der Waals surface area contributed by atoms with Crippen molar-refractivity contribution >= 4 is 11.3 Å². The molecule has 0 fully saturated rings. The van der Waals surface area contributed by atoms with Crippen LogP contribution < -0.4 is 5.32 Å². The molecule has 1 heterocycles. The number of thiazole rings is 1. The van der Waals surface area contributed by atoms with Gasteiger partial charge in [0.05, 0.1) is 11.2 Å². The Kier molecular flexibility index (Phi) is 3.90. The van der Waals surface area contributed by atoms with E-state index in [1.165, 1.54) is 40.4 Å². The van der Waals surface area contributed by atoms with Crippen molar-refractivity contribution in [2.45, 2.75) is 44.6 Å². The van der Waals surface area contributed by atoms with E-state index in [0.717, 1.165) is 12.8 Å². The molecule has 106 valence electrons. The Morgan fingerprint density at radius 3 is 2.70 bits per heavy atom. The molecule has 2 aromatic rings. The lowest BCUT2D eigenvalue weighted by Gasteiger charge is -2.30. The third kappa shape index (κ3) is 2.40. The van der Waals surface area contributed by atoms with Crippen LogP contribution >= 0.6 is 11.3 Å². The quantitative estimate of drug-likeness (QED) is 0.906. The summed E-state index contributed by atoms with van der Waals surface area (Å²) in [5, 5.41) is 4.84. The van der Waals surface area contributed by atoms with Gasteiger partial charge in [-0.1, -0.05) is 37.3 Å². The molecule has 1 unspecified atom stereocenters. The Bertz CT molecular complexity index is 548. The summed E-state index contributed by atoms with van der Waals surface area (Å²) in [5.41, 5.74) is 2.71. The molecule has 1 aromatic carbocycles. The second-order valence-corrected chi connectivity index (χ2v) is 6.67. The lowest BCUT2D eigenvalue weighted by Crippen LogP contribution is -2.41. The van der Waals surface area contributed by atoms with Crippen molar-refractivity contribution in [3.8, 4) is 0 Å². The molecule has 1 N–H and O–H groups in total. The summed E-state index contributed by atoms with van der Waals surface area (Å²) in [6.45, 7) is 2.26. The number of benzene rings is 1. The molecule has 2 nitrogen and oxygen atoms in total. The number of rotatable bonds is 5. The van der Waals surface area contributed by atoms with Crippen LogP contribution in [0.2, 0.25) is 0 Å². The van der Waals surface area contributed by atoms with Gasteiger partial charge in [0.15, 0.2) is 0 Å². The number of nitrogens with one attached hydrogen (secondary N) is 1. The van der Waals surface area contributed by atoms with Crippen molar-refractivity contribution < 1.29 is 0 Å². The third-order valence-electron chi connectivity index (χ3n) is 4.44. The fraction of sp³-hybridized carbons (Fsp3) is 0.471. The van der Waals surface area contributed by atoms with Crippen LogP contribution in [0.5, 0.6) is 0 Å². The molecule has 0 radical (unpaired) electrons. The van der Waals surface area contributed by atoms with E-state index in [4.69, 9.17) is 4.98 Å². The lowest BCUT2D eigenvalue weighted by molar-refractivity contribution is 0.342. The summed E-state index contributed by atoms with van der Waals surface area (Å²) in [6.07, 6.45) is 5.74. The Hall–Kier alpha value is -1.19. The minimum absolute atomic E-state index is 0.0175. The Morgan fingerprint density at radius 1 is 1.25 bits per heavy atom. The Labute approximate surface area is 125 Å². The summed E-state index contributed by atoms with van der Waals surface area (Å²) in [4.78, 5) is 6.47. The van der Waals surface area contributed by atoms with Crippen molar-refractivity contribution in [1.82, 2.24) is 10.3 Å². The topological polar surface area (TPSA) is 24.9 Å². The monoisotopic (exact) mass is 286 g/mol. The van der Waals surface area contributed by atoms with Gasteiger partial charge in [-0.15, -0.1) is 11.3 Å². The normalized spacial score (nSPS) is 16.9. The maximum absolute atomic E-state index is 4.96. The number of likely N-dealkylation sites (N-methyl/N-ethyl adjacent to an activating group) is 1. The maximum Gasteiger partial charge on any atom is 0.114 e. The number of hydrogen-bond donors (Lipinski definition) is 1. The lowest BCUT2D eigenvalue weighted by atomic mass is 9.89. The van der Waals surface area contributed by atoms with Crippen LogP contribution in [0, 0.1) is 0 Å². The van der Waals surface area contributed by atoms with Crippen LogP contribution in [0.15, 0.2) is 30.3 Å². The zero-order chi connectivity index (χ0) is 14.0. The van der Waals surface area contributed by atoms with E-state index >= 15 is 0 Å². The highest BCUT2D eigenvalue weighted by molar-refractivity contribution is 7.12. The molecule has 20 heavy (non-hydrogen) atoms. The molecule has 0 saturated carbocycles. The second-order valence-electron chi connectivity index (χ2n) is 5.59. The summed E-state index contributed by atoms with van der Waals surface area (Å²) >= 11 is 1.92. The van der Waals surface area contributed by atoms with Crippen LogP contribution in [0.3, 0.4) is 0 Å². The van der Waals surface area contributed by atoms with E-state index in [-0.39, 0.29) is 5.54 Å². The minimum atomic E-state index is -0.0175. The molecule has 0 amide bonds. The fourth-order valence-electron chi connectivity index (χ4n) is 3.06. The van der Waals surface area contributed by atoms with E-state index < -0.39 is 0 Å². The number of aryl methyl sites for hydroxylation is 2. The second kappa shape index (κ2) is 5.66. The van der Waals surface area contributed by atoms with E-state index in [2.05, 4.69) is 49.6 Å².